The number of alkyl halides is 3. The van der Waals surface area contributed by atoms with Gasteiger partial charge >= 0.3 is 6.18 Å². The summed E-state index contributed by atoms with van der Waals surface area (Å²) in [5, 5.41) is 2.66. The third-order valence-electron chi connectivity index (χ3n) is 4.11. The van der Waals surface area contributed by atoms with E-state index in [1.807, 2.05) is 13.8 Å². The molecule has 0 unspecified atom stereocenters. The van der Waals surface area contributed by atoms with E-state index < -0.39 is 23.7 Å². The third-order valence-corrected chi connectivity index (χ3v) is 4.11. The molecule has 1 aromatic rings. The fourth-order valence-corrected chi connectivity index (χ4v) is 2.68. The Morgan fingerprint density at radius 2 is 1.62 bits per heavy atom. The van der Waals surface area contributed by atoms with E-state index in [4.69, 9.17) is 0 Å². The molecule has 1 aliphatic heterocycles. The highest BCUT2D eigenvalue weighted by atomic mass is 19.4. The number of hydrogen-bond donors (Lipinski definition) is 1. The predicted molar refractivity (Wildman–Crippen MR) is 83.4 cm³/mol. The topological polar surface area (TPSA) is 49.4 Å². The van der Waals surface area contributed by atoms with E-state index in [1.54, 1.807) is 4.90 Å². The molecule has 2 rings (SSSR count). The van der Waals surface area contributed by atoms with Crippen LogP contribution in [-0.4, -0.2) is 35.8 Å². The molecule has 4 nitrogen and oxygen atoms in total. The number of benzene rings is 1. The normalized spacial score (nSPS) is 16.3. The lowest BCUT2D eigenvalue weighted by molar-refractivity contribution is -0.137. The molecule has 0 aromatic heterocycles. The first kappa shape index (κ1) is 18.3. The standard InChI is InChI=1S/C17H21F3N2O2/c1-11(2)14(16(24)22-9-3-4-10-22)21-15(23)12-5-7-13(8-6-12)17(18,19)20/h5-8,11,14H,3-4,9-10H2,1-2H3,(H,21,23)/t14-/m1/s1. The fourth-order valence-electron chi connectivity index (χ4n) is 2.68. The van der Waals surface area contributed by atoms with E-state index in [0.29, 0.717) is 13.1 Å². The van der Waals surface area contributed by atoms with Crippen LogP contribution < -0.4 is 5.32 Å². The fraction of sp³-hybridized carbons (Fsp3) is 0.529. The molecule has 24 heavy (non-hydrogen) atoms. The van der Waals surface area contributed by atoms with Crippen LogP contribution in [0.1, 0.15) is 42.6 Å². The van der Waals surface area contributed by atoms with Gasteiger partial charge in [0.25, 0.3) is 5.91 Å². The lowest BCUT2D eigenvalue weighted by Crippen LogP contribution is -2.50. The molecule has 0 saturated carbocycles. The number of amides is 2. The minimum atomic E-state index is -4.44. The summed E-state index contributed by atoms with van der Waals surface area (Å²) in [7, 11) is 0. The molecule has 0 aliphatic carbocycles. The van der Waals surface area contributed by atoms with Crippen LogP contribution in [0.2, 0.25) is 0 Å². The number of nitrogens with zero attached hydrogens (tertiary/aromatic N) is 1. The van der Waals surface area contributed by atoms with Crippen LogP contribution in [-0.2, 0) is 11.0 Å². The Bertz CT molecular complexity index is 591. The zero-order valence-electron chi connectivity index (χ0n) is 13.7. The summed E-state index contributed by atoms with van der Waals surface area (Å²) >= 11 is 0. The largest absolute Gasteiger partial charge is 0.416 e. The van der Waals surface area contributed by atoms with E-state index in [1.165, 1.54) is 0 Å². The average molecular weight is 342 g/mol. The molecule has 2 amide bonds. The minimum Gasteiger partial charge on any atom is -0.341 e. The summed E-state index contributed by atoms with van der Waals surface area (Å²) in [6.45, 7) is 5.01. The molecular formula is C17H21F3N2O2. The summed E-state index contributed by atoms with van der Waals surface area (Å²) in [6.07, 6.45) is -2.55. The van der Waals surface area contributed by atoms with Crippen molar-refractivity contribution in [1.82, 2.24) is 10.2 Å². The Hall–Kier alpha value is -2.05. The third kappa shape index (κ3) is 4.27. The first-order valence-corrected chi connectivity index (χ1v) is 7.97. The second kappa shape index (κ2) is 7.23. The predicted octanol–water partition coefficient (Wildman–Crippen LogP) is 3.08. The maximum Gasteiger partial charge on any atom is 0.416 e. The van der Waals surface area contributed by atoms with Crippen molar-refractivity contribution in [2.24, 2.45) is 5.92 Å². The molecule has 1 fully saturated rings. The van der Waals surface area contributed by atoms with Crippen LogP contribution in [0, 0.1) is 5.92 Å². The SMILES string of the molecule is CC(C)[C@@H](NC(=O)c1ccc(C(F)(F)F)cc1)C(=O)N1CCCC1. The van der Waals surface area contributed by atoms with E-state index in [2.05, 4.69) is 5.32 Å². The van der Waals surface area contributed by atoms with Gasteiger partial charge in [0.05, 0.1) is 5.56 Å². The van der Waals surface area contributed by atoms with Crippen molar-refractivity contribution >= 4 is 11.8 Å². The molecule has 1 saturated heterocycles. The lowest BCUT2D eigenvalue weighted by Gasteiger charge is -2.26. The van der Waals surface area contributed by atoms with Gasteiger partial charge in [0.15, 0.2) is 0 Å². The molecule has 7 heteroatoms. The summed E-state index contributed by atoms with van der Waals surface area (Å²) in [4.78, 5) is 26.5. The lowest BCUT2D eigenvalue weighted by atomic mass is 10.0. The van der Waals surface area contributed by atoms with Crippen LogP contribution in [0.5, 0.6) is 0 Å². The molecule has 0 spiro atoms. The van der Waals surface area contributed by atoms with Crippen molar-refractivity contribution in [2.75, 3.05) is 13.1 Å². The quantitative estimate of drug-likeness (QED) is 0.914. The van der Waals surface area contributed by atoms with Gasteiger partial charge in [0.2, 0.25) is 5.91 Å². The van der Waals surface area contributed by atoms with E-state index in [-0.39, 0.29) is 17.4 Å². The highest BCUT2D eigenvalue weighted by Crippen LogP contribution is 2.29. The highest BCUT2D eigenvalue weighted by molar-refractivity contribution is 5.97. The number of carbonyl (C=O) groups excluding carboxylic acids is 2. The van der Waals surface area contributed by atoms with Crippen molar-refractivity contribution < 1.29 is 22.8 Å². The molecule has 132 valence electrons. The summed E-state index contributed by atoms with van der Waals surface area (Å²) in [5.41, 5.74) is -0.713. The molecule has 0 radical (unpaired) electrons. The zero-order valence-corrected chi connectivity index (χ0v) is 13.7. The van der Waals surface area contributed by atoms with Gasteiger partial charge in [0.1, 0.15) is 6.04 Å². The number of hydrogen-bond acceptors (Lipinski definition) is 2. The number of rotatable bonds is 4. The van der Waals surface area contributed by atoms with Crippen LogP contribution in [0.15, 0.2) is 24.3 Å². The van der Waals surface area contributed by atoms with Crippen molar-refractivity contribution in [3.05, 3.63) is 35.4 Å². The van der Waals surface area contributed by atoms with Crippen molar-refractivity contribution in [2.45, 2.75) is 38.9 Å². The smallest absolute Gasteiger partial charge is 0.341 e. The van der Waals surface area contributed by atoms with Gasteiger partial charge in [0, 0.05) is 18.7 Å². The zero-order chi connectivity index (χ0) is 17.9. The number of halogens is 3. The Balaban J connectivity index is 2.08. The summed E-state index contributed by atoms with van der Waals surface area (Å²) < 4.78 is 37.7. The van der Waals surface area contributed by atoms with Crippen LogP contribution in [0.4, 0.5) is 13.2 Å². The van der Waals surface area contributed by atoms with Gasteiger partial charge in [-0.2, -0.15) is 13.2 Å². The van der Waals surface area contributed by atoms with Gasteiger partial charge in [-0.25, -0.2) is 0 Å². The molecule has 1 aliphatic rings. The molecule has 1 atom stereocenters. The van der Waals surface area contributed by atoms with Crippen molar-refractivity contribution in [1.29, 1.82) is 0 Å². The molecular weight excluding hydrogens is 321 g/mol. The average Bonchev–Trinajstić information content (AvgIpc) is 3.05. The Labute approximate surface area is 139 Å². The van der Waals surface area contributed by atoms with Gasteiger partial charge in [-0.05, 0) is 43.0 Å². The van der Waals surface area contributed by atoms with Crippen molar-refractivity contribution in [3.63, 3.8) is 0 Å². The molecule has 1 aromatic carbocycles. The first-order chi connectivity index (χ1) is 11.2. The highest BCUT2D eigenvalue weighted by Gasteiger charge is 2.32. The maximum atomic E-state index is 12.6. The summed E-state index contributed by atoms with van der Waals surface area (Å²) in [6, 6.07) is 3.28. The summed E-state index contributed by atoms with van der Waals surface area (Å²) in [5.74, 6) is -0.797. The Kier molecular flexibility index (Phi) is 5.51. The van der Waals surface area contributed by atoms with Gasteiger partial charge in [-0.1, -0.05) is 13.8 Å². The number of likely N-dealkylation sites (tertiary alicyclic amines) is 1. The van der Waals surface area contributed by atoms with E-state index in [9.17, 15) is 22.8 Å². The molecule has 1 heterocycles. The Morgan fingerprint density at radius 1 is 1.08 bits per heavy atom. The van der Waals surface area contributed by atoms with Gasteiger partial charge in [-0.15, -0.1) is 0 Å². The van der Waals surface area contributed by atoms with Gasteiger partial charge < -0.3 is 10.2 Å². The monoisotopic (exact) mass is 342 g/mol. The first-order valence-electron chi connectivity index (χ1n) is 7.97. The van der Waals surface area contributed by atoms with Gasteiger partial charge in [-0.3, -0.25) is 9.59 Å². The number of carbonyl (C=O) groups is 2. The number of nitrogens with one attached hydrogen (secondary N) is 1. The maximum absolute atomic E-state index is 12.6. The molecule has 1 N–H and O–H groups in total. The minimum absolute atomic E-state index is 0.0999. The van der Waals surface area contributed by atoms with E-state index in [0.717, 1.165) is 37.1 Å². The van der Waals surface area contributed by atoms with Crippen LogP contribution in [0.25, 0.3) is 0 Å². The Morgan fingerprint density at radius 3 is 2.08 bits per heavy atom. The molecule has 0 bridgehead atoms. The van der Waals surface area contributed by atoms with Crippen LogP contribution >= 0.6 is 0 Å². The van der Waals surface area contributed by atoms with Crippen LogP contribution in [0.3, 0.4) is 0 Å². The van der Waals surface area contributed by atoms with E-state index >= 15 is 0 Å². The van der Waals surface area contributed by atoms with Crippen molar-refractivity contribution in [3.8, 4) is 0 Å². The second-order valence-corrected chi connectivity index (χ2v) is 6.30. The second-order valence-electron chi connectivity index (χ2n) is 6.30.